The first-order valence-corrected chi connectivity index (χ1v) is 12.4. The summed E-state index contributed by atoms with van der Waals surface area (Å²) in [5.74, 6) is -1.03. The molecular weight excluding hydrogens is 336 g/mol. The van der Waals surface area contributed by atoms with Crippen LogP contribution in [0.3, 0.4) is 0 Å². The van der Waals surface area contributed by atoms with Crippen molar-refractivity contribution in [3.05, 3.63) is 24.0 Å². The molecule has 2 bridgehead atoms. The van der Waals surface area contributed by atoms with Crippen LogP contribution in [0.15, 0.2) is 18.3 Å². The van der Waals surface area contributed by atoms with Gasteiger partial charge in [0.2, 0.25) is 0 Å². The Labute approximate surface area is 150 Å². The van der Waals surface area contributed by atoms with Gasteiger partial charge < -0.3 is 13.7 Å². The van der Waals surface area contributed by atoms with Crippen LogP contribution >= 0.6 is 0 Å². The van der Waals surface area contributed by atoms with Crippen LogP contribution in [-0.2, 0) is 14.3 Å². The Bertz CT molecular complexity index is 666. The van der Waals surface area contributed by atoms with E-state index in [9.17, 15) is 9.59 Å². The molecule has 4 atom stereocenters. The molecule has 0 N–H and O–H groups in total. The van der Waals surface area contributed by atoms with E-state index in [1.165, 1.54) is 7.11 Å². The summed E-state index contributed by atoms with van der Waals surface area (Å²) in [4.78, 5) is 27.4. The molecule has 2 fully saturated rings. The number of piperidine rings is 1. The van der Waals surface area contributed by atoms with E-state index in [1.54, 1.807) is 6.07 Å². The van der Waals surface area contributed by atoms with Gasteiger partial charge in [0.1, 0.15) is 17.7 Å². The Morgan fingerprint density at radius 2 is 1.96 bits per heavy atom. The van der Waals surface area contributed by atoms with Crippen molar-refractivity contribution < 1.29 is 19.1 Å². The zero-order valence-corrected chi connectivity index (χ0v) is 16.7. The molecule has 138 valence electrons. The van der Waals surface area contributed by atoms with E-state index in [1.807, 2.05) is 23.5 Å². The van der Waals surface area contributed by atoms with E-state index in [0.29, 0.717) is 18.2 Å². The van der Waals surface area contributed by atoms with Gasteiger partial charge in [-0.05, 0) is 38.2 Å². The molecule has 0 aromatic carbocycles. The Hall–Kier alpha value is -1.60. The summed E-state index contributed by atoms with van der Waals surface area (Å²) in [7, 11) is 1.74. The molecule has 6 nitrogen and oxygen atoms in total. The van der Waals surface area contributed by atoms with Gasteiger partial charge in [0, 0.05) is 18.5 Å². The molecule has 2 aliphatic rings. The molecule has 0 amide bonds. The number of rotatable bonds is 4. The van der Waals surface area contributed by atoms with Crippen molar-refractivity contribution in [3.63, 3.8) is 0 Å². The van der Waals surface area contributed by atoms with Crippen LogP contribution in [0.5, 0.6) is 0 Å². The quantitative estimate of drug-likeness (QED) is 0.606. The molecule has 0 saturated carbocycles. The van der Waals surface area contributed by atoms with Crippen molar-refractivity contribution in [2.75, 3.05) is 14.2 Å². The predicted molar refractivity (Wildman–Crippen MR) is 97.1 cm³/mol. The molecule has 1 aromatic heterocycles. The molecule has 3 rings (SSSR count). The van der Waals surface area contributed by atoms with Crippen LogP contribution in [0.1, 0.15) is 29.8 Å². The van der Waals surface area contributed by atoms with E-state index in [0.717, 1.165) is 12.8 Å². The monoisotopic (exact) mass is 364 g/mol. The van der Waals surface area contributed by atoms with E-state index in [2.05, 4.69) is 24.5 Å². The van der Waals surface area contributed by atoms with Gasteiger partial charge in [-0.15, -0.1) is 0 Å². The first kappa shape index (κ1) is 18.2. The summed E-state index contributed by atoms with van der Waals surface area (Å²) in [6.45, 7) is 6.53. The summed E-state index contributed by atoms with van der Waals surface area (Å²) in [6, 6.07) is 4.14. The van der Waals surface area contributed by atoms with Gasteiger partial charge in [-0.2, -0.15) is 0 Å². The lowest BCUT2D eigenvalue weighted by Crippen LogP contribution is -2.53. The number of methoxy groups -OCH3 is 1. The van der Waals surface area contributed by atoms with E-state index in [4.69, 9.17) is 9.47 Å². The number of carbonyl (C=O) groups excluding carboxylic acids is 2. The van der Waals surface area contributed by atoms with E-state index >= 15 is 0 Å². The Morgan fingerprint density at radius 3 is 2.60 bits per heavy atom. The third kappa shape index (κ3) is 3.27. The Balaban J connectivity index is 1.83. The lowest BCUT2D eigenvalue weighted by molar-refractivity contribution is -0.156. The average molecular weight is 365 g/mol. The van der Waals surface area contributed by atoms with Gasteiger partial charge in [0.05, 0.1) is 7.11 Å². The van der Waals surface area contributed by atoms with Gasteiger partial charge in [0.15, 0.2) is 8.24 Å². The maximum Gasteiger partial charge on any atom is 0.354 e. The molecule has 3 unspecified atom stereocenters. The molecule has 25 heavy (non-hydrogen) atoms. The van der Waals surface area contributed by atoms with E-state index in [-0.39, 0.29) is 18.0 Å². The minimum atomic E-state index is -1.71. The molecule has 2 aliphatic heterocycles. The van der Waals surface area contributed by atoms with Crippen molar-refractivity contribution in [2.24, 2.45) is 5.92 Å². The number of hydrogen-bond acceptors (Lipinski definition) is 5. The molecule has 0 aliphatic carbocycles. The Morgan fingerprint density at radius 1 is 1.24 bits per heavy atom. The predicted octanol–water partition coefficient (Wildman–Crippen LogP) is 2.35. The van der Waals surface area contributed by atoms with Crippen LogP contribution in [0.25, 0.3) is 0 Å². The largest absolute Gasteiger partial charge is 0.469 e. The zero-order chi connectivity index (χ0) is 18.4. The highest BCUT2D eigenvalue weighted by atomic mass is 28.3. The molecule has 1 aromatic rings. The fourth-order valence-electron chi connectivity index (χ4n) is 4.32. The van der Waals surface area contributed by atoms with Crippen molar-refractivity contribution in [1.29, 1.82) is 0 Å². The second-order valence-electron chi connectivity index (χ2n) is 8.13. The summed E-state index contributed by atoms with van der Waals surface area (Å²) >= 11 is 0. The molecule has 0 spiro atoms. The SMILES string of the molecule is COC(=O)C1C2CCC(C[C@@H]1OC(=O)c1cccn1[Si](C)(C)C)N2C. The van der Waals surface area contributed by atoms with Gasteiger partial charge in [0.25, 0.3) is 0 Å². The number of hydrogen-bond donors (Lipinski definition) is 0. The van der Waals surface area contributed by atoms with Gasteiger partial charge in [-0.3, -0.25) is 9.69 Å². The first-order chi connectivity index (χ1) is 11.7. The summed E-state index contributed by atoms with van der Waals surface area (Å²) < 4.78 is 12.9. The number of carbonyl (C=O) groups is 2. The lowest BCUT2D eigenvalue weighted by Gasteiger charge is -2.40. The molecule has 2 saturated heterocycles. The summed E-state index contributed by atoms with van der Waals surface area (Å²) in [5.41, 5.74) is 0.578. The minimum Gasteiger partial charge on any atom is -0.469 e. The minimum absolute atomic E-state index is 0.0905. The van der Waals surface area contributed by atoms with Crippen molar-refractivity contribution >= 4 is 20.2 Å². The second kappa shape index (κ2) is 6.61. The van der Waals surface area contributed by atoms with Crippen LogP contribution < -0.4 is 0 Å². The highest BCUT2D eigenvalue weighted by Gasteiger charge is 2.51. The summed E-state index contributed by atoms with van der Waals surface area (Å²) in [6.07, 6.45) is 4.19. The Kier molecular flexibility index (Phi) is 4.81. The lowest BCUT2D eigenvalue weighted by atomic mass is 9.87. The van der Waals surface area contributed by atoms with Crippen LogP contribution in [0.2, 0.25) is 19.6 Å². The molecule has 0 radical (unpaired) electrons. The number of nitrogens with zero attached hydrogens (tertiary/aromatic N) is 2. The van der Waals surface area contributed by atoms with Gasteiger partial charge in [-0.1, -0.05) is 19.6 Å². The van der Waals surface area contributed by atoms with Crippen LogP contribution in [0, 0.1) is 5.92 Å². The third-order valence-corrected chi connectivity index (χ3v) is 7.46. The van der Waals surface area contributed by atoms with Crippen LogP contribution in [-0.4, -0.2) is 61.7 Å². The van der Waals surface area contributed by atoms with Crippen molar-refractivity contribution in [1.82, 2.24) is 9.13 Å². The fourth-order valence-corrected chi connectivity index (χ4v) is 5.74. The maximum atomic E-state index is 12.8. The molecule has 3 heterocycles. The normalized spacial score (nSPS) is 29.5. The smallest absolute Gasteiger partial charge is 0.354 e. The average Bonchev–Trinajstić information content (AvgIpc) is 3.11. The first-order valence-electron chi connectivity index (χ1n) is 8.92. The van der Waals surface area contributed by atoms with Crippen molar-refractivity contribution in [2.45, 2.75) is 57.1 Å². The highest BCUT2D eigenvalue weighted by molar-refractivity contribution is 6.74. The van der Waals surface area contributed by atoms with E-state index < -0.39 is 20.3 Å². The standard InChI is InChI=1S/C18H28N2O4Si/c1-19-12-8-9-13(19)16(18(22)23-2)15(11-12)24-17(21)14-7-6-10-20(14)25(3,4)5/h6-7,10,12-13,15-16H,8-9,11H2,1-5H3/t12?,13?,15-,16?/m0/s1. The molecular formula is C18H28N2O4Si. The third-order valence-electron chi connectivity index (χ3n) is 5.63. The zero-order valence-electron chi connectivity index (χ0n) is 15.7. The molecule has 7 heteroatoms. The highest BCUT2D eigenvalue weighted by Crippen LogP contribution is 2.40. The number of ether oxygens (including phenoxy) is 2. The second-order valence-corrected chi connectivity index (χ2v) is 13.0. The fraction of sp³-hybridized carbons (Fsp3) is 0.667. The summed E-state index contributed by atoms with van der Waals surface area (Å²) in [5, 5.41) is 0. The number of fused-ring (bicyclic) bond motifs is 2. The number of aromatic nitrogens is 1. The van der Waals surface area contributed by atoms with Crippen molar-refractivity contribution in [3.8, 4) is 0 Å². The number of esters is 2. The van der Waals surface area contributed by atoms with Gasteiger partial charge >= 0.3 is 11.9 Å². The van der Waals surface area contributed by atoms with Crippen LogP contribution in [0.4, 0.5) is 0 Å². The maximum absolute atomic E-state index is 12.8. The van der Waals surface area contributed by atoms with Gasteiger partial charge in [-0.25, -0.2) is 4.79 Å². The topological polar surface area (TPSA) is 60.8 Å².